The van der Waals surface area contributed by atoms with Gasteiger partial charge in [0.25, 0.3) is 5.91 Å². The zero-order valence-electron chi connectivity index (χ0n) is 17.3. The molecular weight excluding hydrogens is 398 g/mol. The van der Waals surface area contributed by atoms with Gasteiger partial charge in [-0.2, -0.15) is 0 Å². The zero-order valence-corrected chi connectivity index (χ0v) is 18.1. The summed E-state index contributed by atoms with van der Waals surface area (Å²) in [5.41, 5.74) is 1.58. The van der Waals surface area contributed by atoms with Crippen molar-refractivity contribution < 1.29 is 19.2 Å². The van der Waals surface area contributed by atoms with Crippen LogP contribution in [0.4, 0.5) is 5.13 Å². The second kappa shape index (κ2) is 10.0. The Labute approximate surface area is 181 Å². The van der Waals surface area contributed by atoms with Crippen LogP contribution in [0.2, 0.25) is 0 Å². The quantitative estimate of drug-likeness (QED) is 0.602. The van der Waals surface area contributed by atoms with Crippen LogP contribution in [0, 0.1) is 0 Å². The van der Waals surface area contributed by atoms with Gasteiger partial charge in [-0.3, -0.25) is 9.69 Å². The Balaban J connectivity index is 1.53. The van der Waals surface area contributed by atoms with Gasteiger partial charge < -0.3 is 14.4 Å². The first kappa shape index (κ1) is 20.8. The van der Waals surface area contributed by atoms with Crippen LogP contribution in [0.15, 0.2) is 48.5 Å². The van der Waals surface area contributed by atoms with Gasteiger partial charge in [-0.25, -0.2) is 4.98 Å². The number of ether oxygens (including phenoxy) is 2. The predicted molar refractivity (Wildman–Crippen MR) is 120 cm³/mol. The molecule has 0 bridgehead atoms. The summed E-state index contributed by atoms with van der Waals surface area (Å²) in [4.78, 5) is 21.5. The number of nitrogens with zero attached hydrogens (tertiary/aromatic N) is 2. The van der Waals surface area contributed by atoms with Gasteiger partial charge in [-0.1, -0.05) is 23.5 Å². The summed E-state index contributed by atoms with van der Waals surface area (Å²) in [6.45, 7) is 7.95. The number of nitrogens with one attached hydrogen (secondary N) is 1. The topological polar surface area (TPSA) is 56.1 Å². The highest BCUT2D eigenvalue weighted by atomic mass is 32.1. The van der Waals surface area contributed by atoms with Crippen LogP contribution < -0.4 is 14.5 Å². The molecule has 0 saturated carbocycles. The normalized spacial score (nSPS) is 14.7. The molecule has 1 aliphatic rings. The van der Waals surface area contributed by atoms with E-state index in [9.17, 15) is 4.79 Å². The van der Waals surface area contributed by atoms with Gasteiger partial charge in [-0.05, 0) is 43.3 Å². The first-order valence-corrected chi connectivity index (χ1v) is 11.4. The number of para-hydroxylation sites is 1. The van der Waals surface area contributed by atoms with Gasteiger partial charge in [0.05, 0.1) is 36.6 Å². The summed E-state index contributed by atoms with van der Waals surface area (Å²) < 4.78 is 12.1. The van der Waals surface area contributed by atoms with Crippen molar-refractivity contribution in [2.24, 2.45) is 0 Å². The van der Waals surface area contributed by atoms with E-state index in [1.165, 1.54) is 0 Å². The largest absolute Gasteiger partial charge is 0.494 e. The Morgan fingerprint density at radius 3 is 2.67 bits per heavy atom. The molecule has 6 nitrogen and oxygen atoms in total. The number of benzene rings is 2. The number of carbonyl (C=O) groups is 1. The molecule has 0 unspecified atom stereocenters. The highest BCUT2D eigenvalue weighted by Crippen LogP contribution is 2.30. The number of morpholine rings is 1. The monoisotopic (exact) mass is 426 g/mol. The summed E-state index contributed by atoms with van der Waals surface area (Å²) in [5.74, 6) is 0.755. The number of quaternary nitrogens is 1. The van der Waals surface area contributed by atoms with Crippen molar-refractivity contribution in [1.82, 2.24) is 4.98 Å². The van der Waals surface area contributed by atoms with Crippen molar-refractivity contribution >= 4 is 32.6 Å². The lowest BCUT2D eigenvalue weighted by Gasteiger charge is -2.25. The van der Waals surface area contributed by atoms with Crippen LogP contribution in [-0.4, -0.2) is 56.9 Å². The molecule has 7 heteroatoms. The molecule has 1 saturated heterocycles. The van der Waals surface area contributed by atoms with Crippen LogP contribution in [0.1, 0.15) is 23.7 Å². The number of hydrogen-bond acceptors (Lipinski definition) is 5. The highest BCUT2D eigenvalue weighted by Gasteiger charge is 2.22. The molecule has 1 aromatic heterocycles. The van der Waals surface area contributed by atoms with Gasteiger partial charge in [-0.15, -0.1) is 0 Å². The Morgan fingerprint density at radius 2 is 1.93 bits per heavy atom. The molecule has 0 radical (unpaired) electrons. The molecule has 0 spiro atoms. The summed E-state index contributed by atoms with van der Waals surface area (Å²) in [5, 5.41) is 0.757. The van der Waals surface area contributed by atoms with Crippen molar-refractivity contribution in [3.8, 4) is 5.75 Å². The van der Waals surface area contributed by atoms with Crippen molar-refractivity contribution in [2.45, 2.75) is 13.3 Å². The average molecular weight is 427 g/mol. The lowest BCUT2D eigenvalue weighted by atomic mass is 10.2. The van der Waals surface area contributed by atoms with Gasteiger partial charge in [0, 0.05) is 18.5 Å². The van der Waals surface area contributed by atoms with Gasteiger partial charge in [0.2, 0.25) is 0 Å². The Kier molecular flexibility index (Phi) is 6.94. The fourth-order valence-corrected chi connectivity index (χ4v) is 4.66. The maximum atomic E-state index is 13.4. The van der Waals surface area contributed by atoms with Crippen LogP contribution in [0.25, 0.3) is 10.2 Å². The third-order valence-corrected chi connectivity index (χ3v) is 6.34. The van der Waals surface area contributed by atoms with Crippen molar-refractivity contribution in [1.29, 1.82) is 0 Å². The highest BCUT2D eigenvalue weighted by molar-refractivity contribution is 7.22. The predicted octanol–water partition coefficient (Wildman–Crippen LogP) is 2.65. The number of rotatable bonds is 8. The Hall–Kier alpha value is -2.48. The maximum Gasteiger partial charge on any atom is 0.260 e. The number of hydrogen-bond donors (Lipinski definition) is 1. The Bertz CT molecular complexity index is 934. The van der Waals surface area contributed by atoms with E-state index in [4.69, 9.17) is 14.5 Å². The summed E-state index contributed by atoms with van der Waals surface area (Å²) in [7, 11) is 0. The molecule has 30 heavy (non-hydrogen) atoms. The zero-order chi connectivity index (χ0) is 20.8. The molecule has 1 fully saturated rings. The Morgan fingerprint density at radius 1 is 1.17 bits per heavy atom. The number of thiazole rings is 1. The lowest BCUT2D eigenvalue weighted by Crippen LogP contribution is -3.14. The van der Waals surface area contributed by atoms with E-state index in [0.717, 1.165) is 60.4 Å². The molecule has 2 aromatic carbocycles. The molecule has 2 heterocycles. The summed E-state index contributed by atoms with van der Waals surface area (Å²) >= 11 is 1.57. The molecule has 0 aliphatic carbocycles. The second-order valence-corrected chi connectivity index (χ2v) is 8.35. The standard InChI is InChI=1S/C23H27N3O3S/c1-2-29-19-10-8-18(9-11-19)22(27)26(13-5-12-25-14-16-28-17-15-25)23-24-20-6-3-4-7-21(20)30-23/h3-4,6-11H,2,5,12-17H2,1H3/p+1. The van der Waals surface area contributed by atoms with E-state index in [0.29, 0.717) is 18.7 Å². The first-order chi connectivity index (χ1) is 14.7. The minimum atomic E-state index is -0.0194. The van der Waals surface area contributed by atoms with E-state index in [1.807, 2.05) is 60.4 Å². The van der Waals surface area contributed by atoms with Crippen molar-refractivity contribution in [3.63, 3.8) is 0 Å². The minimum absolute atomic E-state index is 0.0194. The number of aromatic nitrogens is 1. The molecule has 1 amide bonds. The third-order valence-electron chi connectivity index (χ3n) is 5.28. The van der Waals surface area contributed by atoms with Crippen molar-refractivity contribution in [2.75, 3.05) is 50.9 Å². The van der Waals surface area contributed by atoms with Gasteiger partial charge in [0.15, 0.2) is 5.13 Å². The molecule has 0 atom stereocenters. The molecule has 3 aromatic rings. The molecule has 1 aliphatic heterocycles. The van der Waals surface area contributed by atoms with E-state index in [2.05, 4.69) is 0 Å². The fourth-order valence-electron chi connectivity index (χ4n) is 3.67. The first-order valence-electron chi connectivity index (χ1n) is 10.6. The molecular formula is C23H28N3O3S+. The summed E-state index contributed by atoms with van der Waals surface area (Å²) in [6.07, 6.45) is 0.925. The maximum absolute atomic E-state index is 13.4. The number of carbonyl (C=O) groups excluding carboxylic acids is 1. The van der Waals surface area contributed by atoms with E-state index in [1.54, 1.807) is 16.2 Å². The molecule has 1 N–H and O–H groups in total. The van der Waals surface area contributed by atoms with Crippen LogP contribution in [0.3, 0.4) is 0 Å². The minimum Gasteiger partial charge on any atom is -0.494 e. The SMILES string of the molecule is CCOc1ccc(C(=O)N(CCC[NH+]2CCOCC2)c2nc3ccccc3s2)cc1. The second-order valence-electron chi connectivity index (χ2n) is 7.34. The van der Waals surface area contributed by atoms with Crippen molar-refractivity contribution in [3.05, 3.63) is 54.1 Å². The molecule has 4 rings (SSSR count). The van der Waals surface area contributed by atoms with Gasteiger partial charge >= 0.3 is 0 Å². The van der Waals surface area contributed by atoms with Gasteiger partial charge in [0.1, 0.15) is 18.8 Å². The van der Waals surface area contributed by atoms with Crippen LogP contribution >= 0.6 is 11.3 Å². The third kappa shape index (κ3) is 4.98. The van der Waals surface area contributed by atoms with E-state index in [-0.39, 0.29) is 5.91 Å². The lowest BCUT2D eigenvalue weighted by molar-refractivity contribution is -0.908. The van der Waals surface area contributed by atoms with E-state index >= 15 is 0 Å². The van der Waals surface area contributed by atoms with E-state index < -0.39 is 0 Å². The molecule has 158 valence electrons. The van der Waals surface area contributed by atoms with Crippen LogP contribution in [0.5, 0.6) is 5.75 Å². The van der Waals surface area contributed by atoms with Crippen LogP contribution in [-0.2, 0) is 4.74 Å². The summed E-state index contributed by atoms with van der Waals surface area (Å²) in [6, 6.07) is 15.4. The number of fused-ring (bicyclic) bond motifs is 1. The fraction of sp³-hybridized carbons (Fsp3) is 0.391. The average Bonchev–Trinajstić information content (AvgIpc) is 3.22. The smallest absolute Gasteiger partial charge is 0.260 e. The number of amides is 1. The number of anilines is 1.